The van der Waals surface area contributed by atoms with Gasteiger partial charge in [-0.2, -0.15) is 11.8 Å². The molecule has 2 aromatic rings. The average Bonchev–Trinajstić information content (AvgIpc) is 2.62. The van der Waals surface area contributed by atoms with E-state index in [0.29, 0.717) is 28.4 Å². The van der Waals surface area contributed by atoms with E-state index in [-0.39, 0.29) is 22.1 Å². The van der Waals surface area contributed by atoms with Gasteiger partial charge in [0.15, 0.2) is 0 Å². The predicted molar refractivity (Wildman–Crippen MR) is 117 cm³/mol. The van der Waals surface area contributed by atoms with Crippen molar-refractivity contribution < 1.29 is 13.2 Å². The van der Waals surface area contributed by atoms with E-state index in [1.807, 2.05) is 0 Å². The zero-order valence-corrected chi connectivity index (χ0v) is 18.4. The lowest BCUT2D eigenvalue weighted by Gasteiger charge is -2.31. The number of carbonyl (C=O) groups excluding carboxylic acids is 1. The third-order valence-electron chi connectivity index (χ3n) is 4.22. The van der Waals surface area contributed by atoms with Gasteiger partial charge in [-0.15, -0.1) is 0 Å². The maximum atomic E-state index is 13.2. The monoisotopic (exact) mass is 438 g/mol. The molecule has 0 bridgehead atoms. The number of anilines is 1. The van der Waals surface area contributed by atoms with Gasteiger partial charge in [0.05, 0.1) is 10.6 Å². The highest BCUT2D eigenvalue weighted by Gasteiger charge is 2.35. The summed E-state index contributed by atoms with van der Waals surface area (Å²) in [5.41, 5.74) is 1.76. The second-order valence-corrected chi connectivity index (χ2v) is 11.7. The molecule has 0 radical (unpaired) electrons. The first-order valence-electron chi connectivity index (χ1n) is 8.92. The first-order valence-corrected chi connectivity index (χ1v) is 11.7. The van der Waals surface area contributed by atoms with Gasteiger partial charge >= 0.3 is 0 Å². The van der Waals surface area contributed by atoms with Crippen LogP contribution in [-0.4, -0.2) is 37.9 Å². The second kappa shape index (κ2) is 7.97. The summed E-state index contributed by atoms with van der Waals surface area (Å²) in [7, 11) is -3.83. The lowest BCUT2D eigenvalue weighted by atomic mass is 10.0. The maximum Gasteiger partial charge on any atom is 0.265 e. The number of hydrogen-bond donors (Lipinski definition) is 1. The molecule has 5 nitrogen and oxygen atoms in total. The highest BCUT2D eigenvalue weighted by atomic mass is 35.5. The number of thioether (sulfide) groups is 1. The van der Waals surface area contributed by atoms with Crippen LogP contribution >= 0.6 is 23.4 Å². The average molecular weight is 439 g/mol. The van der Waals surface area contributed by atoms with E-state index < -0.39 is 10.0 Å². The summed E-state index contributed by atoms with van der Waals surface area (Å²) in [4.78, 5) is 12.6. The van der Waals surface area contributed by atoms with Crippen LogP contribution in [0.1, 0.15) is 20.8 Å². The van der Waals surface area contributed by atoms with E-state index >= 15 is 0 Å². The number of nitrogens with zero attached hydrogens (tertiary/aromatic N) is 1. The molecule has 8 heteroatoms. The number of halogens is 1. The Morgan fingerprint density at radius 2 is 1.86 bits per heavy atom. The molecule has 2 aromatic carbocycles. The topological polar surface area (TPSA) is 66.5 Å². The first kappa shape index (κ1) is 21.0. The van der Waals surface area contributed by atoms with Crippen LogP contribution in [0.5, 0.6) is 0 Å². The molecule has 0 fully saturated rings. The molecule has 0 unspecified atom stereocenters. The number of rotatable bonds is 5. The lowest BCUT2D eigenvalue weighted by Crippen LogP contribution is -2.43. The highest BCUT2D eigenvalue weighted by molar-refractivity contribution is 8.00. The molecule has 1 N–H and O–H groups in total. The molecular weight excluding hydrogens is 416 g/mol. The van der Waals surface area contributed by atoms with E-state index in [1.54, 1.807) is 54.2 Å². The number of hydrogen-bond acceptors (Lipinski definition) is 4. The fourth-order valence-corrected chi connectivity index (χ4v) is 5.65. The zero-order chi connectivity index (χ0) is 20.5. The van der Waals surface area contributed by atoms with Crippen molar-refractivity contribution in [3.05, 3.63) is 47.5 Å². The Kier molecular flexibility index (Phi) is 5.98. The van der Waals surface area contributed by atoms with Gasteiger partial charge in [-0.3, -0.25) is 9.10 Å². The smallest absolute Gasteiger partial charge is 0.265 e. The number of nitrogens with one attached hydrogen (secondary N) is 1. The van der Waals surface area contributed by atoms with Crippen molar-refractivity contribution in [1.29, 1.82) is 0 Å². The molecule has 28 heavy (non-hydrogen) atoms. The summed E-state index contributed by atoms with van der Waals surface area (Å²) in [6.45, 7) is 6.54. The summed E-state index contributed by atoms with van der Waals surface area (Å²) < 4.78 is 27.6. The standard InChI is InChI=1S/C20H23ClN2O3S2/c1-20(2,3)27-11-10-22-19(24)13-23-17-9-8-14(21)12-16(17)15-6-4-5-7-18(15)28(23,25)26/h4-9,12H,10-11,13H2,1-3H3,(H,22,24). The molecule has 0 aromatic heterocycles. The molecule has 3 rings (SSSR count). The third kappa shape index (κ3) is 4.47. The molecule has 1 aliphatic rings. The van der Waals surface area contributed by atoms with Gasteiger partial charge in [0.1, 0.15) is 6.54 Å². The molecule has 0 spiro atoms. The van der Waals surface area contributed by atoms with Crippen molar-refractivity contribution in [3.8, 4) is 11.1 Å². The van der Waals surface area contributed by atoms with Crippen LogP contribution in [0.3, 0.4) is 0 Å². The Morgan fingerprint density at radius 3 is 2.57 bits per heavy atom. The Hall–Kier alpha value is -1.70. The van der Waals surface area contributed by atoms with Gasteiger partial charge in [-0.1, -0.05) is 50.6 Å². The third-order valence-corrected chi connectivity index (χ3v) is 7.55. The van der Waals surface area contributed by atoms with Gasteiger partial charge in [-0.25, -0.2) is 8.42 Å². The molecule has 1 heterocycles. The second-order valence-electron chi connectivity index (χ2n) is 7.48. The molecule has 1 amide bonds. The zero-order valence-electron chi connectivity index (χ0n) is 16.0. The predicted octanol–water partition coefficient (Wildman–Crippen LogP) is 4.16. The molecule has 0 saturated heterocycles. The summed E-state index contributed by atoms with van der Waals surface area (Å²) >= 11 is 7.88. The van der Waals surface area contributed by atoms with Gasteiger partial charge in [-0.05, 0) is 24.3 Å². The SMILES string of the molecule is CC(C)(C)SCCNC(=O)CN1c2ccc(Cl)cc2-c2ccccc2S1(=O)=O. The molecule has 150 valence electrons. The van der Waals surface area contributed by atoms with E-state index in [1.165, 1.54) is 0 Å². The Bertz CT molecular complexity index is 1000. The maximum absolute atomic E-state index is 13.2. The first-order chi connectivity index (χ1) is 13.1. The fraction of sp³-hybridized carbons (Fsp3) is 0.350. The minimum Gasteiger partial charge on any atom is -0.354 e. The molecule has 0 aliphatic carbocycles. The Balaban J connectivity index is 1.84. The molecule has 1 aliphatic heterocycles. The van der Waals surface area contributed by atoms with Gasteiger partial charge < -0.3 is 5.32 Å². The van der Waals surface area contributed by atoms with Crippen LogP contribution in [0.2, 0.25) is 5.02 Å². The Labute approximate surface area is 175 Å². The van der Waals surface area contributed by atoms with Crippen LogP contribution in [0.25, 0.3) is 11.1 Å². The van der Waals surface area contributed by atoms with Gasteiger partial charge in [0, 0.05) is 33.2 Å². The largest absolute Gasteiger partial charge is 0.354 e. The minimum atomic E-state index is -3.83. The molecular formula is C20H23ClN2O3S2. The van der Waals surface area contributed by atoms with Crippen molar-refractivity contribution in [1.82, 2.24) is 5.32 Å². The molecule has 0 saturated carbocycles. The summed E-state index contributed by atoms with van der Waals surface area (Å²) in [5, 5.41) is 3.33. The van der Waals surface area contributed by atoms with Gasteiger partial charge in [0.2, 0.25) is 5.91 Å². The summed E-state index contributed by atoms with van der Waals surface area (Å²) in [6, 6.07) is 11.8. The van der Waals surface area contributed by atoms with Crippen molar-refractivity contribution in [2.75, 3.05) is 23.1 Å². The van der Waals surface area contributed by atoms with Crippen molar-refractivity contribution in [2.45, 2.75) is 30.4 Å². The van der Waals surface area contributed by atoms with Gasteiger partial charge in [0.25, 0.3) is 10.0 Å². The number of amides is 1. The number of fused-ring (bicyclic) bond motifs is 3. The van der Waals surface area contributed by atoms with Crippen molar-refractivity contribution in [2.24, 2.45) is 0 Å². The quantitative estimate of drug-likeness (QED) is 0.711. The fourth-order valence-electron chi connectivity index (χ4n) is 3.01. The summed E-state index contributed by atoms with van der Waals surface area (Å²) in [6.07, 6.45) is 0. The summed E-state index contributed by atoms with van der Waals surface area (Å²) in [5.74, 6) is 0.426. The van der Waals surface area contributed by atoms with E-state index in [2.05, 4.69) is 26.1 Å². The van der Waals surface area contributed by atoms with E-state index in [9.17, 15) is 13.2 Å². The number of benzene rings is 2. The van der Waals surface area contributed by atoms with Crippen LogP contribution in [0.15, 0.2) is 47.4 Å². The van der Waals surface area contributed by atoms with Crippen LogP contribution < -0.4 is 9.62 Å². The number of sulfonamides is 1. The van der Waals surface area contributed by atoms with E-state index in [4.69, 9.17) is 11.6 Å². The molecule has 0 atom stereocenters. The van der Waals surface area contributed by atoms with Crippen LogP contribution in [0, 0.1) is 0 Å². The number of carbonyl (C=O) groups is 1. The Morgan fingerprint density at radius 1 is 1.14 bits per heavy atom. The van der Waals surface area contributed by atoms with E-state index in [0.717, 1.165) is 10.1 Å². The normalized spacial score (nSPS) is 14.9. The minimum absolute atomic E-state index is 0.114. The lowest BCUT2D eigenvalue weighted by molar-refractivity contribution is -0.119. The van der Waals surface area contributed by atoms with Crippen molar-refractivity contribution in [3.63, 3.8) is 0 Å². The van der Waals surface area contributed by atoms with Crippen LogP contribution in [0.4, 0.5) is 5.69 Å². The van der Waals surface area contributed by atoms with Crippen LogP contribution in [-0.2, 0) is 14.8 Å². The highest BCUT2D eigenvalue weighted by Crippen LogP contribution is 2.43. The van der Waals surface area contributed by atoms with Crippen molar-refractivity contribution >= 4 is 45.0 Å².